The molecular weight excluding hydrogens is 240 g/mol. The number of benzene rings is 1. The molecule has 0 unspecified atom stereocenters. The number of esters is 1. The predicted molar refractivity (Wildman–Crippen MR) is 76.4 cm³/mol. The Bertz CT molecular complexity index is 436. The minimum Gasteiger partial charge on any atom is -0.493 e. The summed E-state index contributed by atoms with van der Waals surface area (Å²) in [5.41, 5.74) is 1.88. The lowest BCUT2D eigenvalue weighted by atomic mass is 9.88. The van der Waals surface area contributed by atoms with Crippen molar-refractivity contribution in [2.45, 2.75) is 40.5 Å². The Kier molecular flexibility index (Phi) is 5.40. The lowest BCUT2D eigenvalue weighted by Gasteiger charge is -2.21. The van der Waals surface area contributed by atoms with Gasteiger partial charge in [-0.05, 0) is 57.7 Å². The van der Waals surface area contributed by atoms with Crippen molar-refractivity contribution >= 4 is 5.97 Å². The number of hydrogen-bond acceptors (Lipinski definition) is 3. The molecule has 0 radical (unpaired) electrons. The molecule has 0 N–H and O–H groups in total. The summed E-state index contributed by atoms with van der Waals surface area (Å²) in [7, 11) is 1.43. The van der Waals surface area contributed by atoms with E-state index in [1.54, 1.807) is 0 Å². The molecule has 0 aromatic heterocycles. The van der Waals surface area contributed by atoms with E-state index >= 15 is 0 Å². The van der Waals surface area contributed by atoms with Crippen molar-refractivity contribution in [1.82, 2.24) is 0 Å². The molecule has 19 heavy (non-hydrogen) atoms. The van der Waals surface area contributed by atoms with Gasteiger partial charge in [0, 0.05) is 0 Å². The fourth-order valence-electron chi connectivity index (χ4n) is 1.94. The summed E-state index contributed by atoms with van der Waals surface area (Å²) in [6, 6.07) is 6.17. The van der Waals surface area contributed by atoms with Crippen LogP contribution in [0.4, 0.5) is 0 Å². The van der Waals surface area contributed by atoms with Crippen molar-refractivity contribution in [3.05, 3.63) is 29.3 Å². The van der Waals surface area contributed by atoms with Gasteiger partial charge in [0.25, 0.3) is 0 Å². The van der Waals surface area contributed by atoms with Crippen molar-refractivity contribution in [3.63, 3.8) is 0 Å². The molecule has 1 aromatic rings. The first-order valence-electron chi connectivity index (χ1n) is 6.65. The molecule has 0 aliphatic heterocycles. The molecule has 0 fully saturated rings. The molecule has 106 valence electrons. The van der Waals surface area contributed by atoms with E-state index < -0.39 is 5.41 Å². The minimum atomic E-state index is -0.445. The van der Waals surface area contributed by atoms with Crippen LogP contribution in [0.3, 0.4) is 0 Å². The monoisotopic (exact) mass is 264 g/mol. The number of aryl methyl sites for hydroxylation is 2. The van der Waals surface area contributed by atoms with Crippen LogP contribution in [0.1, 0.15) is 37.8 Å². The lowest BCUT2D eigenvalue weighted by molar-refractivity contribution is -0.151. The molecule has 0 bridgehead atoms. The second-order valence-electron chi connectivity index (χ2n) is 5.60. The van der Waals surface area contributed by atoms with Crippen LogP contribution in [-0.2, 0) is 9.53 Å². The maximum absolute atomic E-state index is 11.5. The highest BCUT2D eigenvalue weighted by Gasteiger charge is 2.27. The summed E-state index contributed by atoms with van der Waals surface area (Å²) in [5, 5.41) is 0. The van der Waals surface area contributed by atoms with E-state index in [0.717, 1.165) is 24.2 Å². The molecule has 0 spiro atoms. The third-order valence-corrected chi connectivity index (χ3v) is 3.29. The Morgan fingerprint density at radius 1 is 1.26 bits per heavy atom. The van der Waals surface area contributed by atoms with Crippen molar-refractivity contribution in [3.8, 4) is 5.75 Å². The second kappa shape index (κ2) is 6.60. The van der Waals surface area contributed by atoms with E-state index in [-0.39, 0.29) is 5.97 Å². The van der Waals surface area contributed by atoms with Gasteiger partial charge in [0.05, 0.1) is 19.1 Å². The molecule has 0 atom stereocenters. The van der Waals surface area contributed by atoms with Gasteiger partial charge < -0.3 is 9.47 Å². The van der Waals surface area contributed by atoms with E-state index in [4.69, 9.17) is 9.47 Å². The molecule has 0 amide bonds. The Labute approximate surface area is 115 Å². The van der Waals surface area contributed by atoms with E-state index in [9.17, 15) is 4.79 Å². The topological polar surface area (TPSA) is 35.5 Å². The summed E-state index contributed by atoms with van der Waals surface area (Å²) >= 11 is 0. The maximum atomic E-state index is 11.5. The van der Waals surface area contributed by atoms with Crippen molar-refractivity contribution in [2.75, 3.05) is 13.7 Å². The lowest BCUT2D eigenvalue weighted by Crippen LogP contribution is -2.26. The van der Waals surface area contributed by atoms with Crippen LogP contribution in [0.2, 0.25) is 0 Å². The summed E-state index contributed by atoms with van der Waals surface area (Å²) in [4.78, 5) is 11.5. The standard InChI is InChI=1S/C16H24O3/c1-12-7-8-13(2)14(11-12)19-10-6-9-16(3,4)15(17)18-5/h7-8,11H,6,9-10H2,1-5H3. The second-order valence-corrected chi connectivity index (χ2v) is 5.60. The van der Waals surface area contributed by atoms with Crippen LogP contribution in [-0.4, -0.2) is 19.7 Å². The van der Waals surface area contributed by atoms with E-state index in [1.165, 1.54) is 12.7 Å². The van der Waals surface area contributed by atoms with Crippen LogP contribution in [0.5, 0.6) is 5.75 Å². The number of rotatable bonds is 6. The molecular formula is C16H24O3. The summed E-state index contributed by atoms with van der Waals surface area (Å²) < 4.78 is 10.6. The smallest absolute Gasteiger partial charge is 0.311 e. The number of carbonyl (C=O) groups excluding carboxylic acids is 1. The molecule has 0 aliphatic carbocycles. The largest absolute Gasteiger partial charge is 0.493 e. The molecule has 0 saturated heterocycles. The summed E-state index contributed by atoms with van der Waals surface area (Å²) in [6.45, 7) is 8.50. The molecule has 3 nitrogen and oxygen atoms in total. The normalized spacial score (nSPS) is 11.2. The number of ether oxygens (including phenoxy) is 2. The maximum Gasteiger partial charge on any atom is 0.311 e. The van der Waals surface area contributed by atoms with E-state index in [2.05, 4.69) is 12.1 Å². The highest BCUT2D eigenvalue weighted by Crippen LogP contribution is 2.25. The average Bonchev–Trinajstić information content (AvgIpc) is 2.37. The average molecular weight is 264 g/mol. The Morgan fingerprint density at radius 2 is 1.95 bits per heavy atom. The molecule has 1 rings (SSSR count). The van der Waals surface area contributed by atoms with Crippen molar-refractivity contribution < 1.29 is 14.3 Å². The van der Waals surface area contributed by atoms with E-state index in [1.807, 2.05) is 33.8 Å². The Balaban J connectivity index is 2.43. The minimum absolute atomic E-state index is 0.167. The van der Waals surface area contributed by atoms with Gasteiger partial charge in [-0.15, -0.1) is 0 Å². The first kappa shape index (κ1) is 15.5. The Morgan fingerprint density at radius 3 is 2.58 bits per heavy atom. The number of carbonyl (C=O) groups is 1. The van der Waals surface area contributed by atoms with Gasteiger partial charge in [-0.1, -0.05) is 12.1 Å². The molecule has 0 heterocycles. The van der Waals surface area contributed by atoms with Crippen LogP contribution in [0.25, 0.3) is 0 Å². The summed E-state index contributed by atoms with van der Waals surface area (Å²) in [6.07, 6.45) is 1.58. The third-order valence-electron chi connectivity index (χ3n) is 3.29. The van der Waals surface area contributed by atoms with Crippen LogP contribution in [0, 0.1) is 19.3 Å². The van der Waals surface area contributed by atoms with Crippen molar-refractivity contribution in [1.29, 1.82) is 0 Å². The predicted octanol–water partition coefficient (Wildman–Crippen LogP) is 3.66. The molecule has 0 aliphatic rings. The SMILES string of the molecule is COC(=O)C(C)(C)CCCOc1cc(C)ccc1C. The highest BCUT2D eigenvalue weighted by atomic mass is 16.5. The van der Waals surface area contributed by atoms with Gasteiger partial charge in [-0.3, -0.25) is 4.79 Å². The Hall–Kier alpha value is -1.51. The summed E-state index contributed by atoms with van der Waals surface area (Å²) in [5.74, 6) is 0.759. The van der Waals surface area contributed by atoms with Gasteiger partial charge in [0.2, 0.25) is 0 Å². The number of hydrogen-bond donors (Lipinski definition) is 0. The zero-order chi connectivity index (χ0) is 14.5. The van der Waals surface area contributed by atoms with Gasteiger partial charge in [-0.2, -0.15) is 0 Å². The van der Waals surface area contributed by atoms with Crippen molar-refractivity contribution in [2.24, 2.45) is 5.41 Å². The van der Waals surface area contributed by atoms with Gasteiger partial charge in [0.15, 0.2) is 0 Å². The molecule has 0 saturated carbocycles. The zero-order valence-electron chi connectivity index (χ0n) is 12.6. The fraction of sp³-hybridized carbons (Fsp3) is 0.562. The highest BCUT2D eigenvalue weighted by molar-refractivity contribution is 5.75. The molecule has 1 aromatic carbocycles. The first-order chi connectivity index (χ1) is 8.86. The van der Waals surface area contributed by atoms with Crippen LogP contribution < -0.4 is 4.74 Å². The fourth-order valence-corrected chi connectivity index (χ4v) is 1.94. The van der Waals surface area contributed by atoms with Gasteiger partial charge in [0.1, 0.15) is 5.75 Å². The first-order valence-corrected chi connectivity index (χ1v) is 6.65. The van der Waals surface area contributed by atoms with Gasteiger partial charge in [-0.25, -0.2) is 0 Å². The van der Waals surface area contributed by atoms with E-state index in [0.29, 0.717) is 6.61 Å². The zero-order valence-corrected chi connectivity index (χ0v) is 12.6. The van der Waals surface area contributed by atoms with Gasteiger partial charge >= 0.3 is 5.97 Å². The van der Waals surface area contributed by atoms with Crippen LogP contribution >= 0.6 is 0 Å². The quantitative estimate of drug-likeness (QED) is 0.581. The third kappa shape index (κ3) is 4.58. The molecule has 3 heteroatoms. The van der Waals surface area contributed by atoms with Crippen LogP contribution in [0.15, 0.2) is 18.2 Å². The number of methoxy groups -OCH3 is 1.